The molecule has 0 amide bonds. The largest absolute Gasteiger partial charge is 0.422 e. The van der Waals surface area contributed by atoms with Gasteiger partial charge in [-0.25, -0.2) is 9.36 Å². The van der Waals surface area contributed by atoms with Crippen molar-refractivity contribution >= 4 is 24.2 Å². The van der Waals surface area contributed by atoms with Crippen LogP contribution in [-0.2, 0) is 25.1 Å². The molecule has 0 aliphatic carbocycles. The van der Waals surface area contributed by atoms with E-state index >= 15 is 0 Å². The van der Waals surface area contributed by atoms with E-state index < -0.39 is 19.4 Å². The van der Waals surface area contributed by atoms with E-state index in [1.807, 2.05) is 36.4 Å². The summed E-state index contributed by atoms with van der Waals surface area (Å²) in [6, 6.07) is 14.9. The summed E-state index contributed by atoms with van der Waals surface area (Å²) in [5.41, 5.74) is 5.12. The maximum atomic E-state index is 14.0. The van der Waals surface area contributed by atoms with Crippen LogP contribution >= 0.6 is 7.60 Å². The fourth-order valence-electron chi connectivity index (χ4n) is 5.51. The lowest BCUT2D eigenvalue weighted by Gasteiger charge is -2.22. The van der Waals surface area contributed by atoms with Crippen LogP contribution in [-0.4, -0.2) is 41.8 Å². The number of hydrogen-bond donors (Lipinski definition) is 1. The third kappa shape index (κ3) is 15.8. The first kappa shape index (κ1) is 38.7. The van der Waals surface area contributed by atoms with E-state index in [1.54, 1.807) is 25.3 Å². The SMILES string of the molecule is CCCCCCCCCCCCCCCCOCCCOP(=O)(COC(C)Cn1ccc(N)nc1=O)Oc1cccc2ccccc12. The lowest BCUT2D eigenvalue weighted by molar-refractivity contribution is 0.0686. The topological polar surface area (TPSA) is 115 Å². The number of nitrogens with two attached hydrogens (primary N) is 1. The standard InChI is InChI=1S/C37H58N3O6P/c1-3-4-5-6-7-8-9-10-11-12-13-14-15-18-27-43-28-20-29-45-47(42,46-35-24-19-22-33-21-16-17-23-34(33)35)31-44-32(2)30-40-26-25-36(38)39-37(40)41/h16-17,19,21-26,32H,3-15,18,20,27-31H2,1-2H3,(H2,38,39,41). The molecule has 262 valence electrons. The summed E-state index contributed by atoms with van der Waals surface area (Å²) < 4.78 is 39.0. The summed E-state index contributed by atoms with van der Waals surface area (Å²) in [5, 5.41) is 1.81. The molecular weight excluding hydrogens is 613 g/mol. The third-order valence-corrected chi connectivity index (χ3v) is 9.73. The predicted octanol–water partition coefficient (Wildman–Crippen LogP) is 9.52. The van der Waals surface area contributed by atoms with Crippen LogP contribution in [0.5, 0.6) is 5.75 Å². The van der Waals surface area contributed by atoms with E-state index in [2.05, 4.69) is 11.9 Å². The second kappa shape index (κ2) is 22.8. The minimum absolute atomic E-state index is 0.157. The van der Waals surface area contributed by atoms with E-state index in [0.29, 0.717) is 18.8 Å². The second-order valence-corrected chi connectivity index (χ2v) is 14.4. The minimum atomic E-state index is -3.72. The zero-order valence-corrected chi connectivity index (χ0v) is 29.7. The number of hydrogen-bond acceptors (Lipinski definition) is 8. The number of nitrogens with zero attached hydrogens (tertiary/aromatic N) is 2. The molecule has 0 aliphatic heterocycles. The van der Waals surface area contributed by atoms with Gasteiger partial charge in [0.2, 0.25) is 0 Å². The zero-order valence-electron chi connectivity index (χ0n) is 28.8. The van der Waals surface area contributed by atoms with Crippen LogP contribution in [0.15, 0.2) is 59.5 Å². The number of aromatic nitrogens is 2. The van der Waals surface area contributed by atoms with Crippen LogP contribution in [0.1, 0.15) is 110 Å². The van der Waals surface area contributed by atoms with Gasteiger partial charge in [-0.05, 0) is 37.3 Å². The lowest BCUT2D eigenvalue weighted by atomic mass is 10.0. The van der Waals surface area contributed by atoms with Gasteiger partial charge in [0.05, 0.1) is 19.3 Å². The summed E-state index contributed by atoms with van der Waals surface area (Å²) in [5.74, 6) is 0.625. The summed E-state index contributed by atoms with van der Waals surface area (Å²) in [6.45, 7) is 5.73. The number of unbranched alkanes of at least 4 members (excludes halogenated alkanes) is 13. The van der Waals surface area contributed by atoms with E-state index in [4.69, 9.17) is 24.3 Å². The maximum absolute atomic E-state index is 14.0. The Bertz CT molecular complexity index is 1380. The molecule has 2 N–H and O–H groups in total. The molecule has 0 saturated carbocycles. The first-order chi connectivity index (χ1) is 22.9. The second-order valence-electron chi connectivity index (χ2n) is 12.5. The Hall–Kier alpha value is -2.71. The molecule has 2 unspecified atom stereocenters. The molecule has 0 fully saturated rings. The van der Waals surface area contributed by atoms with Crippen molar-refractivity contribution in [3.05, 3.63) is 65.2 Å². The molecule has 10 heteroatoms. The van der Waals surface area contributed by atoms with Crippen molar-refractivity contribution in [2.45, 2.75) is 123 Å². The molecule has 0 spiro atoms. The van der Waals surface area contributed by atoms with Crippen LogP contribution in [0.2, 0.25) is 0 Å². The zero-order chi connectivity index (χ0) is 33.6. The van der Waals surface area contributed by atoms with Crippen LogP contribution in [0.25, 0.3) is 10.8 Å². The number of nitrogen functional groups attached to an aromatic ring is 1. The number of benzene rings is 2. The Labute approximate surface area is 282 Å². The Morgan fingerprint density at radius 2 is 1.40 bits per heavy atom. The van der Waals surface area contributed by atoms with Crippen molar-refractivity contribution in [1.82, 2.24) is 9.55 Å². The van der Waals surface area contributed by atoms with Gasteiger partial charge in [-0.1, -0.05) is 127 Å². The van der Waals surface area contributed by atoms with E-state index in [9.17, 15) is 9.36 Å². The van der Waals surface area contributed by atoms with Gasteiger partial charge in [-0.2, -0.15) is 4.98 Å². The highest BCUT2D eigenvalue weighted by atomic mass is 31.2. The quantitative estimate of drug-likeness (QED) is 0.0630. The fraction of sp³-hybridized carbons (Fsp3) is 0.622. The molecule has 1 aromatic heterocycles. The molecule has 0 aliphatic rings. The lowest BCUT2D eigenvalue weighted by Crippen LogP contribution is -2.29. The molecule has 2 atom stereocenters. The van der Waals surface area contributed by atoms with Gasteiger partial charge in [0, 0.05) is 24.8 Å². The highest BCUT2D eigenvalue weighted by Crippen LogP contribution is 2.50. The van der Waals surface area contributed by atoms with Gasteiger partial charge >= 0.3 is 13.3 Å². The molecule has 9 nitrogen and oxygen atoms in total. The average Bonchev–Trinajstić information content (AvgIpc) is 3.06. The molecule has 0 bridgehead atoms. The Morgan fingerprint density at radius 1 is 0.787 bits per heavy atom. The third-order valence-electron chi connectivity index (χ3n) is 8.22. The van der Waals surface area contributed by atoms with Gasteiger partial charge in [0.15, 0.2) is 6.35 Å². The van der Waals surface area contributed by atoms with Gasteiger partial charge in [0.25, 0.3) is 0 Å². The normalized spacial score (nSPS) is 13.5. The predicted molar refractivity (Wildman–Crippen MR) is 192 cm³/mol. The van der Waals surface area contributed by atoms with Crippen molar-refractivity contribution in [1.29, 1.82) is 0 Å². The number of anilines is 1. The number of fused-ring (bicyclic) bond motifs is 1. The molecule has 2 aromatic carbocycles. The van der Waals surface area contributed by atoms with Crippen LogP contribution in [0.4, 0.5) is 5.82 Å². The van der Waals surface area contributed by atoms with Crippen LogP contribution < -0.4 is 15.9 Å². The molecule has 3 rings (SSSR count). The first-order valence-electron chi connectivity index (χ1n) is 17.8. The van der Waals surface area contributed by atoms with Gasteiger partial charge < -0.3 is 19.7 Å². The number of ether oxygens (including phenoxy) is 2. The van der Waals surface area contributed by atoms with Crippen LogP contribution in [0, 0.1) is 0 Å². The summed E-state index contributed by atoms with van der Waals surface area (Å²) >= 11 is 0. The molecule has 1 heterocycles. The summed E-state index contributed by atoms with van der Waals surface area (Å²) in [7, 11) is -3.72. The highest BCUT2D eigenvalue weighted by Gasteiger charge is 2.29. The van der Waals surface area contributed by atoms with Crippen molar-refractivity contribution < 1.29 is 23.1 Å². The van der Waals surface area contributed by atoms with Crippen molar-refractivity contribution in [2.24, 2.45) is 0 Å². The van der Waals surface area contributed by atoms with Crippen molar-refractivity contribution in [3.8, 4) is 5.75 Å². The van der Waals surface area contributed by atoms with Crippen molar-refractivity contribution in [3.63, 3.8) is 0 Å². The molecule has 0 saturated heterocycles. The van der Waals surface area contributed by atoms with Gasteiger partial charge in [-0.15, -0.1) is 0 Å². The molecule has 47 heavy (non-hydrogen) atoms. The van der Waals surface area contributed by atoms with E-state index in [0.717, 1.165) is 23.8 Å². The number of rotatable bonds is 27. The van der Waals surface area contributed by atoms with Crippen molar-refractivity contribution in [2.75, 3.05) is 31.9 Å². The molecule has 3 aromatic rings. The fourth-order valence-corrected chi connectivity index (χ4v) is 6.99. The van der Waals surface area contributed by atoms with Gasteiger partial charge in [-0.3, -0.25) is 9.09 Å². The van der Waals surface area contributed by atoms with E-state index in [1.165, 1.54) is 88.0 Å². The maximum Gasteiger partial charge on any atom is 0.404 e. The first-order valence-corrected chi connectivity index (χ1v) is 19.6. The molecular formula is C37H58N3O6P. The van der Waals surface area contributed by atoms with E-state index in [-0.39, 0.29) is 25.3 Å². The average molecular weight is 672 g/mol. The smallest absolute Gasteiger partial charge is 0.404 e. The monoisotopic (exact) mass is 671 g/mol. The molecule has 0 radical (unpaired) electrons. The van der Waals surface area contributed by atoms with Crippen LogP contribution in [0.3, 0.4) is 0 Å². The van der Waals surface area contributed by atoms with Gasteiger partial charge in [0.1, 0.15) is 11.6 Å². The Morgan fingerprint density at radius 3 is 2.09 bits per heavy atom. The Kier molecular flexibility index (Phi) is 18.8. The minimum Gasteiger partial charge on any atom is -0.422 e. The highest BCUT2D eigenvalue weighted by molar-refractivity contribution is 7.54. The Balaban J connectivity index is 1.34. The summed E-state index contributed by atoms with van der Waals surface area (Å²) in [4.78, 5) is 15.9. The summed E-state index contributed by atoms with van der Waals surface area (Å²) in [6.07, 6.45) is 20.1.